The molecule has 12 heavy (non-hydrogen) atoms. The van der Waals surface area contributed by atoms with Gasteiger partial charge >= 0.3 is 5.69 Å². The van der Waals surface area contributed by atoms with Crippen LogP contribution in [0.2, 0.25) is 0 Å². The number of nitro groups is 1. The van der Waals surface area contributed by atoms with Crippen LogP contribution in [-0.4, -0.2) is 9.91 Å². The van der Waals surface area contributed by atoms with Crippen LogP contribution in [0, 0.1) is 15.9 Å². The number of aromatic nitrogens is 1. The molecule has 0 aromatic carbocycles. The summed E-state index contributed by atoms with van der Waals surface area (Å²) in [6.07, 6.45) is 0.891. The van der Waals surface area contributed by atoms with E-state index in [0.717, 1.165) is 6.20 Å². The second-order valence-electron chi connectivity index (χ2n) is 1.92. The number of pyridine rings is 1. The lowest BCUT2D eigenvalue weighted by Crippen LogP contribution is -2.00. The van der Waals surface area contributed by atoms with Gasteiger partial charge in [0.05, 0.1) is 4.92 Å². The lowest BCUT2D eigenvalue weighted by atomic mass is 10.3. The Morgan fingerprint density at radius 3 is 2.83 bits per heavy atom. The number of halogens is 2. The number of rotatable bonds is 1. The molecule has 0 aliphatic heterocycles. The maximum atomic E-state index is 12.8. The average molecular weight is 236 g/mol. The van der Waals surface area contributed by atoms with E-state index >= 15 is 0 Å². The summed E-state index contributed by atoms with van der Waals surface area (Å²) in [6.45, 7) is 0. The highest BCUT2D eigenvalue weighted by Crippen LogP contribution is 2.26. The standard InChI is InChI=1S/C5H3BrFN3O2/c6-5-3(7)4(8)2(1-9-5)10(11)12/h1H,(H2,8,9). The van der Waals surface area contributed by atoms with Crippen LogP contribution < -0.4 is 5.73 Å². The smallest absolute Gasteiger partial charge is 0.313 e. The molecule has 2 N–H and O–H groups in total. The molecule has 1 rings (SSSR count). The van der Waals surface area contributed by atoms with Crippen molar-refractivity contribution in [3.63, 3.8) is 0 Å². The summed E-state index contributed by atoms with van der Waals surface area (Å²) in [4.78, 5) is 12.8. The maximum absolute atomic E-state index is 12.8. The molecule has 0 unspecified atom stereocenters. The summed E-state index contributed by atoms with van der Waals surface area (Å²) >= 11 is 2.74. The zero-order chi connectivity index (χ0) is 9.30. The molecule has 0 fully saturated rings. The van der Waals surface area contributed by atoms with E-state index in [2.05, 4.69) is 20.9 Å². The van der Waals surface area contributed by atoms with Crippen LogP contribution in [-0.2, 0) is 0 Å². The van der Waals surface area contributed by atoms with Gasteiger partial charge in [0.1, 0.15) is 10.8 Å². The van der Waals surface area contributed by atoms with Gasteiger partial charge in [-0.3, -0.25) is 10.1 Å². The SMILES string of the molecule is Nc1c([N+](=O)[O-])cnc(Br)c1F. The highest BCUT2D eigenvalue weighted by atomic mass is 79.9. The van der Waals surface area contributed by atoms with E-state index in [9.17, 15) is 14.5 Å². The van der Waals surface area contributed by atoms with Crippen molar-refractivity contribution < 1.29 is 9.31 Å². The summed E-state index contributed by atoms with van der Waals surface area (Å²) < 4.78 is 12.7. The minimum absolute atomic E-state index is 0.134. The molecular weight excluding hydrogens is 233 g/mol. The van der Waals surface area contributed by atoms with Crippen molar-refractivity contribution in [3.8, 4) is 0 Å². The van der Waals surface area contributed by atoms with E-state index in [1.807, 2.05) is 0 Å². The van der Waals surface area contributed by atoms with Crippen molar-refractivity contribution in [1.29, 1.82) is 0 Å². The van der Waals surface area contributed by atoms with Gasteiger partial charge in [-0.2, -0.15) is 0 Å². The zero-order valence-corrected chi connectivity index (χ0v) is 7.21. The number of hydrogen-bond acceptors (Lipinski definition) is 4. The fourth-order valence-corrected chi connectivity index (χ4v) is 0.929. The fourth-order valence-electron chi connectivity index (χ4n) is 0.613. The van der Waals surface area contributed by atoms with Crippen molar-refractivity contribution in [1.82, 2.24) is 4.98 Å². The third kappa shape index (κ3) is 1.35. The van der Waals surface area contributed by atoms with Gasteiger partial charge in [0.2, 0.25) is 0 Å². The van der Waals surface area contributed by atoms with E-state index in [1.54, 1.807) is 0 Å². The van der Waals surface area contributed by atoms with Crippen LogP contribution in [0.25, 0.3) is 0 Å². The normalized spacial score (nSPS) is 9.83. The van der Waals surface area contributed by atoms with Crippen molar-refractivity contribution in [3.05, 3.63) is 26.7 Å². The largest absolute Gasteiger partial charge is 0.391 e. The van der Waals surface area contributed by atoms with Crippen LogP contribution in [0.3, 0.4) is 0 Å². The summed E-state index contributed by atoms with van der Waals surface area (Å²) in [5, 5.41) is 10.2. The van der Waals surface area contributed by atoms with Crippen LogP contribution in [0.4, 0.5) is 15.8 Å². The molecule has 0 saturated heterocycles. The molecule has 1 aromatic rings. The molecule has 64 valence electrons. The Morgan fingerprint density at radius 2 is 2.33 bits per heavy atom. The second kappa shape index (κ2) is 3.02. The molecular formula is C5H3BrFN3O2. The number of hydrogen-bond donors (Lipinski definition) is 1. The van der Waals surface area contributed by atoms with E-state index in [4.69, 9.17) is 5.73 Å². The molecule has 0 saturated carbocycles. The topological polar surface area (TPSA) is 82.0 Å². The van der Waals surface area contributed by atoms with Gasteiger partial charge < -0.3 is 5.73 Å². The van der Waals surface area contributed by atoms with Crippen molar-refractivity contribution in [2.24, 2.45) is 0 Å². The van der Waals surface area contributed by atoms with Crippen LogP contribution in [0.15, 0.2) is 10.8 Å². The molecule has 0 amide bonds. The van der Waals surface area contributed by atoms with Gasteiger partial charge in [-0.1, -0.05) is 0 Å². The molecule has 0 spiro atoms. The van der Waals surface area contributed by atoms with E-state index in [1.165, 1.54) is 0 Å². The van der Waals surface area contributed by atoms with Gasteiger partial charge in [0.25, 0.3) is 0 Å². The molecule has 1 heterocycles. The number of nitrogen functional groups attached to an aromatic ring is 1. The first kappa shape index (κ1) is 8.85. The van der Waals surface area contributed by atoms with Gasteiger partial charge in [-0.15, -0.1) is 0 Å². The quantitative estimate of drug-likeness (QED) is 0.454. The van der Waals surface area contributed by atoms with Gasteiger partial charge in [-0.05, 0) is 15.9 Å². The van der Waals surface area contributed by atoms with E-state index in [0.29, 0.717) is 0 Å². The summed E-state index contributed by atoms with van der Waals surface area (Å²) in [6, 6.07) is 0. The zero-order valence-electron chi connectivity index (χ0n) is 5.62. The van der Waals surface area contributed by atoms with Gasteiger partial charge in [-0.25, -0.2) is 9.37 Å². The third-order valence-corrected chi connectivity index (χ3v) is 1.74. The molecule has 0 radical (unpaired) electrons. The summed E-state index contributed by atoms with van der Waals surface area (Å²) in [5.41, 5.74) is 4.05. The van der Waals surface area contributed by atoms with Crippen LogP contribution in [0.5, 0.6) is 0 Å². The average Bonchev–Trinajstić information content (AvgIpc) is 2.00. The van der Waals surface area contributed by atoms with Gasteiger partial charge in [0, 0.05) is 0 Å². The van der Waals surface area contributed by atoms with Crippen LogP contribution >= 0.6 is 15.9 Å². The minimum Gasteiger partial charge on any atom is -0.391 e. The maximum Gasteiger partial charge on any atom is 0.313 e. The first-order chi connectivity index (χ1) is 5.54. The number of nitrogens with zero attached hydrogens (tertiary/aromatic N) is 2. The molecule has 0 atom stereocenters. The molecule has 0 aliphatic rings. The van der Waals surface area contributed by atoms with Crippen LogP contribution in [0.1, 0.15) is 0 Å². The fraction of sp³-hybridized carbons (Fsp3) is 0. The summed E-state index contributed by atoms with van der Waals surface area (Å²) in [5.74, 6) is -0.913. The Hall–Kier alpha value is -1.24. The highest BCUT2D eigenvalue weighted by molar-refractivity contribution is 9.10. The first-order valence-corrected chi connectivity index (χ1v) is 3.57. The Labute approximate surface area is 74.7 Å². The lowest BCUT2D eigenvalue weighted by molar-refractivity contribution is -0.384. The lowest BCUT2D eigenvalue weighted by Gasteiger charge is -1.98. The minimum atomic E-state index is -0.913. The van der Waals surface area contributed by atoms with Crippen molar-refractivity contribution in [2.45, 2.75) is 0 Å². The third-order valence-electron chi connectivity index (χ3n) is 1.19. The predicted molar refractivity (Wildman–Crippen MR) is 43.0 cm³/mol. The highest BCUT2D eigenvalue weighted by Gasteiger charge is 2.18. The van der Waals surface area contributed by atoms with Crippen molar-refractivity contribution >= 4 is 27.3 Å². The molecule has 7 heteroatoms. The molecule has 0 aliphatic carbocycles. The predicted octanol–water partition coefficient (Wildman–Crippen LogP) is 1.47. The van der Waals surface area contributed by atoms with E-state index in [-0.39, 0.29) is 4.60 Å². The number of nitrogens with two attached hydrogens (primary N) is 1. The molecule has 0 bridgehead atoms. The van der Waals surface area contributed by atoms with Crippen molar-refractivity contribution in [2.75, 3.05) is 5.73 Å². The number of anilines is 1. The molecule has 1 aromatic heterocycles. The Bertz CT molecular complexity index is 344. The summed E-state index contributed by atoms with van der Waals surface area (Å²) in [7, 11) is 0. The van der Waals surface area contributed by atoms with E-state index < -0.39 is 22.1 Å². The first-order valence-electron chi connectivity index (χ1n) is 2.78. The second-order valence-corrected chi connectivity index (χ2v) is 2.67. The Kier molecular flexibility index (Phi) is 2.22. The Morgan fingerprint density at radius 1 is 1.75 bits per heavy atom. The monoisotopic (exact) mass is 235 g/mol. The Balaban J connectivity index is 3.36. The van der Waals surface area contributed by atoms with Gasteiger partial charge in [0.15, 0.2) is 11.5 Å². The molecule has 5 nitrogen and oxygen atoms in total.